The first-order chi connectivity index (χ1) is 1.41. The summed E-state index contributed by atoms with van der Waals surface area (Å²) in [4.78, 5) is 0. The maximum Gasteiger partial charge on any atom is -0.147 e. The molecule has 0 saturated carbocycles. The molecule has 0 unspecified atom stereocenters. The minimum absolute atomic E-state index is 0. The van der Waals surface area contributed by atoms with Gasteiger partial charge in [-0.3, -0.25) is 0 Å². The first-order valence-electron chi connectivity index (χ1n) is 0.931. The summed E-state index contributed by atoms with van der Waals surface area (Å²) in [5.74, 6) is 0. The van der Waals surface area contributed by atoms with Crippen LogP contribution in [0.1, 0.15) is 6.92 Å². The zero-order valence-corrected chi connectivity index (χ0v) is 5.46. The first kappa shape index (κ1) is 16.5. The monoisotopic (exact) mass is 159 g/mol. The third kappa shape index (κ3) is 41.6. The van der Waals surface area contributed by atoms with E-state index in [2.05, 4.69) is 15.5 Å². The van der Waals surface area contributed by atoms with Gasteiger partial charge in [0.15, 0.2) is 0 Å². The quantitative estimate of drug-likeness (QED) is 0.475. The van der Waals surface area contributed by atoms with Gasteiger partial charge in [0.2, 0.25) is 0 Å². The second-order valence-corrected chi connectivity index (χ2v) is 0.922. The molecule has 0 heterocycles. The van der Waals surface area contributed by atoms with Crippen molar-refractivity contribution in [1.82, 2.24) is 0 Å². The van der Waals surface area contributed by atoms with E-state index in [1.54, 1.807) is 0 Å². The molecule has 0 rings (SSSR count). The Morgan fingerprint density at radius 3 is 1.40 bits per heavy atom. The van der Waals surface area contributed by atoms with E-state index < -0.39 is 0 Å². The Hall–Kier alpha value is 1.07. The van der Waals surface area contributed by atoms with Gasteiger partial charge in [-0.15, -0.1) is 24.8 Å². The van der Waals surface area contributed by atoms with E-state index in [0.717, 1.165) is 5.39 Å². The molecule has 0 atom stereocenters. The van der Waals surface area contributed by atoms with Crippen LogP contribution in [0.2, 0.25) is 5.39 Å². The standard InChI is InChI=1S/C2H5.2ClH.Ni/c1-2;;;/h1H2,2H3;2*1H;. The molecule has 5 heavy (non-hydrogen) atoms. The van der Waals surface area contributed by atoms with Crippen LogP contribution in [-0.4, -0.2) is 0 Å². The summed E-state index contributed by atoms with van der Waals surface area (Å²) in [7, 11) is 0. The van der Waals surface area contributed by atoms with E-state index in [0.29, 0.717) is 0 Å². The summed E-state index contributed by atoms with van der Waals surface area (Å²) in [6.07, 6.45) is 0. The van der Waals surface area contributed by atoms with Gasteiger partial charge in [-0.05, 0) is 0 Å². The molecule has 0 amide bonds. The molecule has 0 aliphatic carbocycles. The minimum Gasteiger partial charge on any atom is -0.147 e. The van der Waals surface area contributed by atoms with Crippen molar-refractivity contribution < 1.29 is 15.5 Å². The molecule has 0 aliphatic rings. The number of halogens is 2. The molecule has 39 valence electrons. The van der Waals surface area contributed by atoms with E-state index in [4.69, 9.17) is 0 Å². The van der Waals surface area contributed by atoms with E-state index in [1.807, 2.05) is 6.92 Å². The molecule has 0 aromatic heterocycles. The van der Waals surface area contributed by atoms with Crippen molar-refractivity contribution in [3.63, 3.8) is 0 Å². The average molecular weight is 161 g/mol. The van der Waals surface area contributed by atoms with Crippen molar-refractivity contribution >= 4 is 24.8 Å². The van der Waals surface area contributed by atoms with Crippen LogP contribution in [0, 0.1) is 0 Å². The predicted octanol–water partition coefficient (Wildman–Crippen LogP) is 1.82. The van der Waals surface area contributed by atoms with Crippen molar-refractivity contribution in [2.45, 2.75) is 12.3 Å². The SMILES string of the molecule is C[CH2][Ni].Cl.Cl. The van der Waals surface area contributed by atoms with Crippen LogP contribution in [0.4, 0.5) is 0 Å². The molecule has 0 radical (unpaired) electrons. The van der Waals surface area contributed by atoms with Crippen molar-refractivity contribution in [3.8, 4) is 0 Å². The second kappa shape index (κ2) is 19.6. The maximum absolute atomic E-state index is 4.17. The number of rotatable bonds is 0. The minimum atomic E-state index is 0. The fourth-order valence-corrected chi connectivity index (χ4v) is 0. The Balaban J connectivity index is -0.0000000200. The van der Waals surface area contributed by atoms with Crippen LogP contribution < -0.4 is 0 Å². The molecule has 0 aromatic carbocycles. The Kier molecular flexibility index (Phi) is 64.8. The average Bonchev–Trinajstić information content (AvgIpc) is 0.918. The fourth-order valence-electron chi connectivity index (χ4n) is 0. The van der Waals surface area contributed by atoms with Gasteiger partial charge in [0, 0.05) is 0 Å². The summed E-state index contributed by atoms with van der Waals surface area (Å²) < 4.78 is 0. The normalized spacial score (nSPS) is 3.80. The second-order valence-electron chi connectivity index (χ2n) is 0.224. The van der Waals surface area contributed by atoms with Crippen LogP contribution in [0.3, 0.4) is 0 Å². The van der Waals surface area contributed by atoms with Crippen LogP contribution in [0.5, 0.6) is 0 Å². The smallest absolute Gasteiger partial charge is 0.147 e. The van der Waals surface area contributed by atoms with Crippen LogP contribution >= 0.6 is 24.8 Å². The summed E-state index contributed by atoms with van der Waals surface area (Å²) in [5, 5.41) is 0.875. The van der Waals surface area contributed by atoms with E-state index in [9.17, 15) is 0 Å². The van der Waals surface area contributed by atoms with Crippen LogP contribution in [0.25, 0.3) is 0 Å². The van der Waals surface area contributed by atoms with Crippen LogP contribution in [0.15, 0.2) is 0 Å². The van der Waals surface area contributed by atoms with Crippen molar-refractivity contribution in [3.05, 3.63) is 0 Å². The van der Waals surface area contributed by atoms with Gasteiger partial charge in [-0.1, -0.05) is 0 Å². The van der Waals surface area contributed by atoms with Crippen molar-refractivity contribution in [2.24, 2.45) is 0 Å². The van der Waals surface area contributed by atoms with Gasteiger partial charge in [-0.2, -0.15) is 0 Å². The van der Waals surface area contributed by atoms with E-state index >= 15 is 0 Å². The van der Waals surface area contributed by atoms with Crippen molar-refractivity contribution in [2.75, 3.05) is 0 Å². The molecular weight excluding hydrogens is 154 g/mol. The topological polar surface area (TPSA) is 0 Å². The van der Waals surface area contributed by atoms with Gasteiger partial charge in [0.05, 0.1) is 0 Å². The zero-order valence-electron chi connectivity index (χ0n) is 2.84. The van der Waals surface area contributed by atoms with Gasteiger partial charge in [0.1, 0.15) is 0 Å². The molecule has 0 aliphatic heterocycles. The summed E-state index contributed by atoms with van der Waals surface area (Å²) >= 11 is 4.17. The number of hydrogen-bond donors (Lipinski definition) is 0. The maximum atomic E-state index is 4.17. The first-order valence-corrected chi connectivity index (χ1v) is 1.63. The molecule has 0 N–H and O–H groups in total. The Labute approximate surface area is 52.9 Å². The molecule has 0 fully saturated rings. The van der Waals surface area contributed by atoms with E-state index in [1.165, 1.54) is 0 Å². The zero-order chi connectivity index (χ0) is 2.71. The van der Waals surface area contributed by atoms with Gasteiger partial charge >= 0.3 is 27.8 Å². The Morgan fingerprint density at radius 1 is 1.40 bits per heavy atom. The molecule has 0 nitrogen and oxygen atoms in total. The molecule has 0 aromatic rings. The molecule has 0 spiro atoms. The van der Waals surface area contributed by atoms with Crippen molar-refractivity contribution in [1.29, 1.82) is 0 Å². The summed E-state index contributed by atoms with van der Waals surface area (Å²) in [5.41, 5.74) is 0. The molecule has 0 bridgehead atoms. The van der Waals surface area contributed by atoms with Gasteiger partial charge < -0.3 is 0 Å². The fraction of sp³-hybridized carbons (Fsp3) is 1.00. The Morgan fingerprint density at radius 2 is 1.40 bits per heavy atom. The summed E-state index contributed by atoms with van der Waals surface area (Å²) in [6, 6.07) is 0. The predicted molar refractivity (Wildman–Crippen MR) is 25.0 cm³/mol. The molecule has 0 saturated heterocycles. The Bertz CT molecular complexity index is 7.61. The van der Waals surface area contributed by atoms with E-state index in [-0.39, 0.29) is 24.8 Å². The molecular formula is C2H7Cl2Ni. The largest absolute Gasteiger partial charge is 0.147 e. The van der Waals surface area contributed by atoms with Gasteiger partial charge in [-0.25, -0.2) is 0 Å². The molecule has 3 heteroatoms. The third-order valence-corrected chi connectivity index (χ3v) is 0. The summed E-state index contributed by atoms with van der Waals surface area (Å²) in [6.45, 7) is 1.96. The van der Waals surface area contributed by atoms with Gasteiger partial charge in [0.25, 0.3) is 0 Å². The van der Waals surface area contributed by atoms with Crippen LogP contribution in [-0.2, 0) is 15.5 Å². The number of hydrogen-bond acceptors (Lipinski definition) is 0. The third-order valence-electron chi connectivity index (χ3n) is 0.